The standard InChI is InChI=1S/C37H46N2O7SSi/c1-36(2,3)48(7,8)46-32-30(45-34(33(32)47-6)39-23-22-31(40)38-35(39)41)24-44-37(25-12-10-9-11-13-25,26-14-18-28(42-4)19-15-26)27-16-20-29(43-5)21-17-27/h9-23,30,32-34H,24H2,1-8H3,(H,38,40,41)/t30-,32-,33-,34-/m1/s1. The van der Waals surface area contributed by atoms with Crippen LogP contribution in [0.3, 0.4) is 0 Å². The van der Waals surface area contributed by atoms with Gasteiger partial charge in [0.05, 0.1) is 32.2 Å². The lowest BCUT2D eigenvalue weighted by Crippen LogP contribution is -2.50. The lowest BCUT2D eigenvalue weighted by atomic mass is 9.80. The van der Waals surface area contributed by atoms with Crippen molar-refractivity contribution >= 4 is 20.1 Å². The van der Waals surface area contributed by atoms with Gasteiger partial charge in [0.25, 0.3) is 5.56 Å². The van der Waals surface area contributed by atoms with Gasteiger partial charge in [-0.1, -0.05) is 75.4 Å². The Morgan fingerprint density at radius 1 is 0.833 bits per heavy atom. The van der Waals surface area contributed by atoms with E-state index in [4.69, 9.17) is 23.4 Å². The second-order valence-corrected chi connectivity index (χ2v) is 19.2. The van der Waals surface area contributed by atoms with E-state index in [0.29, 0.717) is 0 Å². The Balaban J connectivity index is 1.64. The number of benzene rings is 3. The molecule has 0 spiro atoms. The fourth-order valence-electron chi connectivity index (χ4n) is 5.89. The maximum atomic E-state index is 13.1. The molecule has 3 aromatic carbocycles. The van der Waals surface area contributed by atoms with Crippen molar-refractivity contribution in [3.8, 4) is 11.5 Å². The van der Waals surface area contributed by atoms with Crippen molar-refractivity contribution in [1.29, 1.82) is 0 Å². The molecule has 5 rings (SSSR count). The summed E-state index contributed by atoms with van der Waals surface area (Å²) in [6.45, 7) is 11.2. The van der Waals surface area contributed by atoms with Crippen LogP contribution in [0.25, 0.3) is 0 Å². The van der Waals surface area contributed by atoms with E-state index >= 15 is 0 Å². The zero-order chi connectivity index (χ0) is 34.7. The highest BCUT2D eigenvalue weighted by molar-refractivity contribution is 7.99. The van der Waals surface area contributed by atoms with Crippen molar-refractivity contribution < 1.29 is 23.4 Å². The largest absolute Gasteiger partial charge is 0.497 e. The van der Waals surface area contributed by atoms with Crippen LogP contribution < -0.4 is 20.7 Å². The number of H-pyrrole nitrogens is 1. The Labute approximate surface area is 287 Å². The SMILES string of the molecule is COc1ccc(C(OC[C@H]2O[C@@H](n3ccc(=O)[nH]c3=O)[C@H](SC)[C@@H]2O[Si](C)(C)C(C)(C)C)(c2ccccc2)c2ccc(OC)cc2)cc1. The first-order chi connectivity index (χ1) is 22.8. The van der Waals surface area contributed by atoms with Crippen LogP contribution in [0.15, 0.2) is 101 Å². The molecule has 9 nitrogen and oxygen atoms in total. The lowest BCUT2D eigenvalue weighted by molar-refractivity contribution is -0.0927. The highest BCUT2D eigenvalue weighted by atomic mass is 32.2. The van der Waals surface area contributed by atoms with Gasteiger partial charge in [-0.25, -0.2) is 4.79 Å². The molecule has 4 atom stereocenters. The fraction of sp³-hybridized carbons (Fsp3) is 0.405. The van der Waals surface area contributed by atoms with Gasteiger partial charge < -0.3 is 23.4 Å². The Morgan fingerprint density at radius 2 is 1.38 bits per heavy atom. The third kappa shape index (κ3) is 7.06. The third-order valence-electron chi connectivity index (χ3n) is 9.56. The zero-order valence-electron chi connectivity index (χ0n) is 28.9. The summed E-state index contributed by atoms with van der Waals surface area (Å²) < 4.78 is 33.6. The molecule has 0 aliphatic carbocycles. The molecule has 0 unspecified atom stereocenters. The number of hydrogen-bond acceptors (Lipinski definition) is 8. The van der Waals surface area contributed by atoms with E-state index in [-0.39, 0.29) is 16.9 Å². The molecule has 2 heterocycles. The number of nitrogens with one attached hydrogen (secondary N) is 1. The molecule has 0 amide bonds. The van der Waals surface area contributed by atoms with Crippen molar-refractivity contribution in [1.82, 2.24) is 9.55 Å². The number of aromatic nitrogens is 2. The van der Waals surface area contributed by atoms with Crippen molar-refractivity contribution in [3.63, 3.8) is 0 Å². The van der Waals surface area contributed by atoms with Crippen molar-refractivity contribution in [2.45, 2.75) is 68.2 Å². The van der Waals surface area contributed by atoms with Crippen LogP contribution >= 0.6 is 11.8 Å². The minimum atomic E-state index is -2.33. The van der Waals surface area contributed by atoms with Crippen LogP contribution in [-0.4, -0.2) is 62.4 Å². The molecule has 1 aromatic heterocycles. The summed E-state index contributed by atoms with van der Waals surface area (Å²) in [7, 11) is 0.956. The van der Waals surface area contributed by atoms with Crippen LogP contribution in [0.1, 0.15) is 43.7 Å². The summed E-state index contributed by atoms with van der Waals surface area (Å²) in [5.41, 5.74) is 0.662. The second kappa shape index (κ2) is 14.5. The second-order valence-electron chi connectivity index (χ2n) is 13.4. The molecule has 1 fully saturated rings. The normalized spacial score (nSPS) is 20.1. The third-order valence-corrected chi connectivity index (χ3v) is 15.1. The van der Waals surface area contributed by atoms with Gasteiger partial charge in [0.15, 0.2) is 14.5 Å². The predicted octanol–water partition coefficient (Wildman–Crippen LogP) is 6.58. The maximum absolute atomic E-state index is 13.1. The summed E-state index contributed by atoms with van der Waals surface area (Å²) in [6.07, 6.45) is 1.82. The zero-order valence-corrected chi connectivity index (χ0v) is 30.7. The van der Waals surface area contributed by atoms with Gasteiger partial charge >= 0.3 is 5.69 Å². The van der Waals surface area contributed by atoms with E-state index in [2.05, 4.69) is 51.0 Å². The van der Waals surface area contributed by atoms with Crippen LogP contribution in [0.2, 0.25) is 18.1 Å². The molecule has 0 bridgehead atoms. The van der Waals surface area contributed by atoms with Crippen LogP contribution in [-0.2, 0) is 19.5 Å². The van der Waals surface area contributed by atoms with E-state index < -0.39 is 43.6 Å². The summed E-state index contributed by atoms with van der Waals surface area (Å²) in [5, 5.41) is -0.335. The highest BCUT2D eigenvalue weighted by Crippen LogP contribution is 2.46. The lowest BCUT2D eigenvalue weighted by Gasteiger charge is -2.41. The number of hydrogen-bond donors (Lipinski definition) is 1. The Bertz CT molecular complexity index is 1720. The minimum absolute atomic E-state index is 0.0751. The van der Waals surface area contributed by atoms with Gasteiger partial charge in [-0.05, 0) is 65.3 Å². The monoisotopic (exact) mass is 690 g/mol. The van der Waals surface area contributed by atoms with E-state index in [1.54, 1.807) is 26.0 Å². The number of thioether (sulfide) groups is 1. The average molecular weight is 691 g/mol. The molecule has 0 radical (unpaired) electrons. The number of nitrogens with zero attached hydrogens (tertiary/aromatic N) is 1. The molecule has 48 heavy (non-hydrogen) atoms. The van der Waals surface area contributed by atoms with Gasteiger partial charge in [0.2, 0.25) is 0 Å². The topological polar surface area (TPSA) is 101 Å². The molecule has 1 N–H and O–H groups in total. The molecule has 0 saturated carbocycles. The van der Waals surface area contributed by atoms with Gasteiger partial charge in [-0.3, -0.25) is 14.3 Å². The highest BCUT2D eigenvalue weighted by Gasteiger charge is 2.52. The summed E-state index contributed by atoms with van der Waals surface area (Å²) in [5.74, 6) is 1.46. The summed E-state index contributed by atoms with van der Waals surface area (Å²) >= 11 is 1.58. The molecule has 1 saturated heterocycles. The van der Waals surface area contributed by atoms with Gasteiger partial charge in [0.1, 0.15) is 23.2 Å². The summed E-state index contributed by atoms with van der Waals surface area (Å²) in [6, 6.07) is 27.2. The summed E-state index contributed by atoms with van der Waals surface area (Å²) in [4.78, 5) is 27.4. The number of aromatic amines is 1. The molecule has 1 aliphatic rings. The number of methoxy groups -OCH3 is 2. The number of rotatable bonds is 12. The van der Waals surface area contributed by atoms with Gasteiger partial charge in [-0.15, -0.1) is 0 Å². The van der Waals surface area contributed by atoms with E-state index in [9.17, 15) is 9.59 Å². The van der Waals surface area contributed by atoms with Crippen LogP contribution in [0, 0.1) is 0 Å². The smallest absolute Gasteiger partial charge is 0.330 e. The van der Waals surface area contributed by atoms with Crippen LogP contribution in [0.5, 0.6) is 11.5 Å². The molecule has 11 heteroatoms. The first-order valence-corrected chi connectivity index (χ1v) is 20.2. The van der Waals surface area contributed by atoms with Crippen molar-refractivity contribution in [3.05, 3.63) is 129 Å². The minimum Gasteiger partial charge on any atom is -0.497 e. The van der Waals surface area contributed by atoms with Gasteiger partial charge in [0, 0.05) is 12.3 Å². The Kier molecular flexibility index (Phi) is 10.8. The first kappa shape index (κ1) is 35.7. The van der Waals surface area contributed by atoms with Crippen molar-refractivity contribution in [2.24, 2.45) is 0 Å². The quantitative estimate of drug-likeness (QED) is 0.132. The maximum Gasteiger partial charge on any atom is 0.330 e. The Morgan fingerprint density at radius 3 is 1.85 bits per heavy atom. The fourth-order valence-corrected chi connectivity index (χ4v) is 8.24. The molecule has 256 valence electrons. The Hall–Kier alpha value is -3.61. The van der Waals surface area contributed by atoms with Gasteiger partial charge in [-0.2, -0.15) is 11.8 Å². The van der Waals surface area contributed by atoms with E-state index in [1.807, 2.05) is 73.0 Å². The first-order valence-electron chi connectivity index (χ1n) is 16.0. The van der Waals surface area contributed by atoms with E-state index in [1.165, 1.54) is 16.8 Å². The predicted molar refractivity (Wildman–Crippen MR) is 193 cm³/mol. The number of ether oxygens (including phenoxy) is 4. The molecule has 4 aromatic rings. The van der Waals surface area contributed by atoms with Crippen LogP contribution in [0.4, 0.5) is 0 Å². The molecular weight excluding hydrogens is 645 g/mol. The van der Waals surface area contributed by atoms with Crippen molar-refractivity contribution in [2.75, 3.05) is 27.1 Å². The average Bonchev–Trinajstić information content (AvgIpc) is 3.41. The molecular formula is C37H46N2O7SSi. The van der Waals surface area contributed by atoms with E-state index in [0.717, 1.165) is 28.2 Å². The molecule has 1 aliphatic heterocycles.